The van der Waals surface area contributed by atoms with E-state index in [1.54, 1.807) is 0 Å². The fourth-order valence-corrected chi connectivity index (χ4v) is 1.58. The molecule has 4 nitrogen and oxygen atoms in total. The number of nitriles is 1. The summed E-state index contributed by atoms with van der Waals surface area (Å²) in [4.78, 5) is 2.15. The van der Waals surface area contributed by atoms with Gasteiger partial charge in [0.05, 0.1) is 12.2 Å². The van der Waals surface area contributed by atoms with E-state index in [9.17, 15) is 5.11 Å². The Morgan fingerprint density at radius 2 is 2.07 bits per heavy atom. The van der Waals surface area contributed by atoms with Gasteiger partial charge in [0, 0.05) is 32.6 Å². The Labute approximate surface area is 92.9 Å². The average Bonchev–Trinajstić information content (AvgIpc) is 2.13. The van der Waals surface area contributed by atoms with E-state index < -0.39 is 0 Å². The third kappa shape index (κ3) is 8.37. The highest BCUT2D eigenvalue weighted by molar-refractivity contribution is 4.75. The molecule has 0 heterocycles. The highest BCUT2D eigenvalue weighted by Crippen LogP contribution is 2.01. The number of nitrogens with one attached hydrogen (secondary N) is 1. The van der Waals surface area contributed by atoms with Crippen LogP contribution in [0.1, 0.15) is 20.3 Å². The van der Waals surface area contributed by atoms with Gasteiger partial charge >= 0.3 is 0 Å². The number of rotatable bonds is 8. The highest BCUT2D eigenvalue weighted by atomic mass is 16.3. The second-order valence-corrected chi connectivity index (χ2v) is 4.27. The van der Waals surface area contributed by atoms with E-state index in [4.69, 9.17) is 5.26 Å². The number of hydrogen-bond donors (Lipinski definition) is 2. The van der Waals surface area contributed by atoms with Gasteiger partial charge in [-0.25, -0.2) is 0 Å². The quantitative estimate of drug-likeness (QED) is 0.614. The molecular weight excluding hydrogens is 190 g/mol. The van der Waals surface area contributed by atoms with Gasteiger partial charge in [0.2, 0.25) is 0 Å². The fraction of sp³-hybridized carbons (Fsp3) is 0.909. The smallest absolute Gasteiger partial charge is 0.0791 e. The summed E-state index contributed by atoms with van der Waals surface area (Å²) in [6.45, 7) is 7.20. The third-order valence-corrected chi connectivity index (χ3v) is 2.07. The van der Waals surface area contributed by atoms with Gasteiger partial charge in [-0.15, -0.1) is 0 Å². The first-order chi connectivity index (χ1) is 7.10. The molecule has 1 atom stereocenters. The molecule has 0 aromatic heterocycles. The summed E-state index contributed by atoms with van der Waals surface area (Å²) in [5.74, 6) is 0.561. The number of aliphatic hydroxyl groups is 1. The largest absolute Gasteiger partial charge is 0.390 e. The Hall–Kier alpha value is -0.630. The maximum atomic E-state index is 9.64. The van der Waals surface area contributed by atoms with E-state index in [2.05, 4.69) is 30.1 Å². The molecule has 0 aliphatic carbocycles. The Bertz CT molecular complexity index is 189. The minimum atomic E-state index is -0.354. The normalized spacial score (nSPS) is 13.1. The van der Waals surface area contributed by atoms with E-state index in [-0.39, 0.29) is 6.10 Å². The van der Waals surface area contributed by atoms with Crippen molar-refractivity contribution >= 4 is 0 Å². The van der Waals surface area contributed by atoms with Gasteiger partial charge in [-0.2, -0.15) is 5.26 Å². The maximum Gasteiger partial charge on any atom is 0.0791 e. The molecule has 0 aliphatic rings. The number of hydrogen-bond acceptors (Lipinski definition) is 4. The molecule has 0 rings (SSSR count). The van der Waals surface area contributed by atoms with E-state index >= 15 is 0 Å². The minimum Gasteiger partial charge on any atom is -0.390 e. The molecule has 88 valence electrons. The molecular formula is C11H23N3O. The zero-order valence-electron chi connectivity index (χ0n) is 10.0. The van der Waals surface area contributed by atoms with Crippen LogP contribution >= 0.6 is 0 Å². The molecule has 0 saturated heterocycles. The molecule has 2 N–H and O–H groups in total. The third-order valence-electron chi connectivity index (χ3n) is 2.07. The lowest BCUT2D eigenvalue weighted by atomic mass is 10.2. The average molecular weight is 213 g/mol. The van der Waals surface area contributed by atoms with Gasteiger partial charge in [-0.1, -0.05) is 13.8 Å². The van der Waals surface area contributed by atoms with Crippen molar-refractivity contribution in [3.8, 4) is 6.07 Å². The molecule has 0 spiro atoms. The van der Waals surface area contributed by atoms with E-state index in [1.165, 1.54) is 0 Å². The molecule has 15 heavy (non-hydrogen) atoms. The van der Waals surface area contributed by atoms with E-state index in [1.807, 2.05) is 7.05 Å². The van der Waals surface area contributed by atoms with Gasteiger partial charge in [-0.3, -0.25) is 4.90 Å². The zero-order valence-corrected chi connectivity index (χ0v) is 10.0. The standard InChI is InChI=1S/C11H23N3O/c1-10(2)8-14(6-4-5-12)9-11(15)7-13-3/h10-11,13,15H,4,6-9H2,1-3H3. The maximum absolute atomic E-state index is 9.64. The summed E-state index contributed by atoms with van der Waals surface area (Å²) in [6, 6.07) is 2.14. The van der Waals surface area contributed by atoms with Crippen LogP contribution in [0.5, 0.6) is 0 Å². The molecule has 0 aliphatic heterocycles. The van der Waals surface area contributed by atoms with Gasteiger partial charge in [0.15, 0.2) is 0 Å². The van der Waals surface area contributed by atoms with Crippen LogP contribution in [0.25, 0.3) is 0 Å². The van der Waals surface area contributed by atoms with Crippen LogP contribution in [0.3, 0.4) is 0 Å². The number of nitrogens with zero attached hydrogens (tertiary/aromatic N) is 2. The summed E-state index contributed by atoms with van der Waals surface area (Å²) < 4.78 is 0. The molecule has 4 heteroatoms. The molecule has 0 saturated carbocycles. The van der Waals surface area contributed by atoms with E-state index in [0.29, 0.717) is 25.4 Å². The van der Waals surface area contributed by atoms with Crippen molar-refractivity contribution in [1.82, 2.24) is 10.2 Å². The van der Waals surface area contributed by atoms with Crippen LogP contribution < -0.4 is 5.32 Å². The molecule has 1 unspecified atom stereocenters. The van der Waals surface area contributed by atoms with Crippen molar-refractivity contribution in [3.05, 3.63) is 0 Å². The first-order valence-electron chi connectivity index (χ1n) is 5.52. The molecule has 0 aromatic rings. The molecule has 0 fully saturated rings. The van der Waals surface area contributed by atoms with Crippen LogP contribution in [0, 0.1) is 17.2 Å². The monoisotopic (exact) mass is 213 g/mol. The van der Waals surface area contributed by atoms with E-state index in [0.717, 1.165) is 13.1 Å². The first-order valence-corrected chi connectivity index (χ1v) is 5.52. The fourth-order valence-electron chi connectivity index (χ4n) is 1.58. The Morgan fingerprint density at radius 3 is 2.53 bits per heavy atom. The van der Waals surface area contributed by atoms with Crippen LogP contribution in [-0.2, 0) is 0 Å². The first kappa shape index (κ1) is 14.4. The summed E-state index contributed by atoms with van der Waals surface area (Å²) in [7, 11) is 1.82. The van der Waals surface area contributed by atoms with Gasteiger partial charge in [0.1, 0.15) is 0 Å². The molecule has 0 amide bonds. The van der Waals surface area contributed by atoms with Gasteiger partial charge in [-0.05, 0) is 13.0 Å². The summed E-state index contributed by atoms with van der Waals surface area (Å²) in [5, 5.41) is 21.1. The molecule has 0 bridgehead atoms. The van der Waals surface area contributed by atoms with Gasteiger partial charge < -0.3 is 10.4 Å². The predicted octanol–water partition coefficient (Wildman–Crippen LogP) is 0.438. The Kier molecular flexibility index (Phi) is 8.30. The van der Waals surface area contributed by atoms with Crippen LogP contribution in [0.2, 0.25) is 0 Å². The van der Waals surface area contributed by atoms with Crippen molar-refractivity contribution in [1.29, 1.82) is 5.26 Å². The van der Waals surface area contributed by atoms with Crippen LogP contribution in [-0.4, -0.2) is 49.3 Å². The van der Waals surface area contributed by atoms with Crippen molar-refractivity contribution in [3.63, 3.8) is 0 Å². The van der Waals surface area contributed by atoms with Crippen molar-refractivity contribution < 1.29 is 5.11 Å². The Balaban J connectivity index is 3.94. The van der Waals surface area contributed by atoms with Crippen LogP contribution in [0.4, 0.5) is 0 Å². The summed E-state index contributed by atoms with van der Waals surface area (Å²) in [6.07, 6.45) is 0.173. The van der Waals surface area contributed by atoms with Gasteiger partial charge in [0.25, 0.3) is 0 Å². The zero-order chi connectivity index (χ0) is 11.7. The lowest BCUT2D eigenvalue weighted by molar-refractivity contribution is 0.107. The van der Waals surface area contributed by atoms with Crippen molar-refractivity contribution in [2.45, 2.75) is 26.4 Å². The molecule has 0 aromatic carbocycles. The van der Waals surface area contributed by atoms with Crippen LogP contribution in [0.15, 0.2) is 0 Å². The topological polar surface area (TPSA) is 59.3 Å². The molecule has 0 radical (unpaired) electrons. The summed E-state index contributed by atoms with van der Waals surface area (Å²) in [5.41, 5.74) is 0. The lowest BCUT2D eigenvalue weighted by Crippen LogP contribution is -2.39. The number of likely N-dealkylation sites (N-methyl/N-ethyl adjacent to an activating group) is 1. The predicted molar refractivity (Wildman–Crippen MR) is 61.4 cm³/mol. The minimum absolute atomic E-state index is 0.354. The second-order valence-electron chi connectivity index (χ2n) is 4.27. The Morgan fingerprint density at radius 1 is 1.40 bits per heavy atom. The van der Waals surface area contributed by atoms with Crippen molar-refractivity contribution in [2.75, 3.05) is 33.2 Å². The summed E-state index contributed by atoms with van der Waals surface area (Å²) >= 11 is 0. The second kappa shape index (κ2) is 8.66. The van der Waals surface area contributed by atoms with Crippen molar-refractivity contribution in [2.24, 2.45) is 5.92 Å². The number of aliphatic hydroxyl groups excluding tert-OH is 1. The lowest BCUT2D eigenvalue weighted by Gasteiger charge is -2.25. The highest BCUT2D eigenvalue weighted by Gasteiger charge is 2.11. The SMILES string of the molecule is CNCC(O)CN(CCC#N)CC(C)C.